The Balaban J connectivity index is 0.00000529. The van der Waals surface area contributed by atoms with Crippen LogP contribution in [0, 0.1) is 0 Å². The van der Waals surface area contributed by atoms with Gasteiger partial charge >= 0.3 is 0 Å². The van der Waals surface area contributed by atoms with Crippen LogP contribution >= 0.6 is 39.9 Å². The molecule has 1 aromatic rings. The van der Waals surface area contributed by atoms with Crippen molar-refractivity contribution in [1.82, 2.24) is 10.6 Å². The second-order valence-corrected chi connectivity index (χ2v) is 5.60. The van der Waals surface area contributed by atoms with Crippen molar-refractivity contribution in [1.29, 1.82) is 0 Å². The molecule has 0 spiro atoms. The first kappa shape index (κ1) is 23.4. The highest BCUT2D eigenvalue weighted by Crippen LogP contribution is 2.15. The third-order valence-corrected chi connectivity index (χ3v) is 3.42. The molecule has 0 amide bonds. The summed E-state index contributed by atoms with van der Waals surface area (Å²) in [6.07, 6.45) is 0.916. The predicted molar refractivity (Wildman–Crippen MR) is 112 cm³/mol. The largest absolute Gasteiger partial charge is 0.492 e. The molecule has 8 heteroatoms. The van der Waals surface area contributed by atoms with Crippen LogP contribution in [0.3, 0.4) is 0 Å². The first-order valence-electron chi connectivity index (χ1n) is 7.66. The van der Waals surface area contributed by atoms with E-state index >= 15 is 0 Å². The lowest BCUT2D eigenvalue weighted by atomic mass is 10.3. The maximum absolute atomic E-state index is 5.64. The summed E-state index contributed by atoms with van der Waals surface area (Å²) in [5, 5.41) is 6.44. The van der Waals surface area contributed by atoms with Crippen molar-refractivity contribution < 1.29 is 14.2 Å². The number of nitrogens with zero attached hydrogens (tertiary/aromatic N) is 1. The second kappa shape index (κ2) is 15.9. The molecule has 0 unspecified atom stereocenters. The highest BCUT2D eigenvalue weighted by Gasteiger charge is 1.98. The molecule has 0 bridgehead atoms. The minimum atomic E-state index is 0. The Bertz CT molecular complexity index is 447. The second-order valence-electron chi connectivity index (χ2n) is 4.69. The molecular formula is C16H27BrIN3O3. The van der Waals surface area contributed by atoms with Crippen molar-refractivity contribution >= 4 is 45.9 Å². The number of hydrogen-bond donors (Lipinski definition) is 2. The van der Waals surface area contributed by atoms with Gasteiger partial charge in [-0.3, -0.25) is 4.99 Å². The molecule has 0 fully saturated rings. The van der Waals surface area contributed by atoms with Gasteiger partial charge in [0.05, 0.1) is 19.8 Å². The van der Waals surface area contributed by atoms with Gasteiger partial charge in [0.2, 0.25) is 0 Å². The van der Waals surface area contributed by atoms with Crippen LogP contribution in [-0.2, 0) is 9.47 Å². The first-order chi connectivity index (χ1) is 11.3. The number of ether oxygens (including phenoxy) is 3. The van der Waals surface area contributed by atoms with Crippen LogP contribution in [0.5, 0.6) is 5.75 Å². The summed E-state index contributed by atoms with van der Waals surface area (Å²) in [6, 6.07) is 7.78. The molecule has 0 aliphatic rings. The van der Waals surface area contributed by atoms with Crippen molar-refractivity contribution in [3.63, 3.8) is 0 Å². The van der Waals surface area contributed by atoms with Gasteiger partial charge in [-0.05, 0) is 30.7 Å². The number of nitrogens with one attached hydrogen (secondary N) is 2. The number of methoxy groups -OCH3 is 1. The SMILES string of the molecule is CN=C(NCCCOCCOC)NCCOc1ccc(Br)cc1.I. The highest BCUT2D eigenvalue weighted by molar-refractivity contribution is 14.0. The average molecular weight is 516 g/mol. The van der Waals surface area contributed by atoms with Crippen molar-refractivity contribution in [3.05, 3.63) is 28.7 Å². The molecule has 0 saturated carbocycles. The monoisotopic (exact) mass is 515 g/mol. The number of benzene rings is 1. The molecule has 0 heterocycles. The van der Waals surface area contributed by atoms with Gasteiger partial charge in [-0.25, -0.2) is 0 Å². The van der Waals surface area contributed by atoms with Gasteiger partial charge in [0.1, 0.15) is 12.4 Å². The van der Waals surface area contributed by atoms with E-state index in [2.05, 4.69) is 31.6 Å². The van der Waals surface area contributed by atoms with Crippen LogP contribution in [0.2, 0.25) is 0 Å². The molecule has 0 saturated heterocycles. The smallest absolute Gasteiger partial charge is 0.191 e. The van der Waals surface area contributed by atoms with Gasteiger partial charge in [-0.15, -0.1) is 24.0 Å². The molecule has 6 nitrogen and oxygen atoms in total. The van der Waals surface area contributed by atoms with Crippen LogP contribution < -0.4 is 15.4 Å². The summed E-state index contributed by atoms with van der Waals surface area (Å²) in [6.45, 7) is 4.04. The van der Waals surface area contributed by atoms with E-state index in [1.807, 2.05) is 24.3 Å². The Labute approximate surface area is 169 Å². The molecule has 138 valence electrons. The zero-order chi connectivity index (χ0) is 16.8. The lowest BCUT2D eigenvalue weighted by molar-refractivity contribution is 0.0698. The molecular weight excluding hydrogens is 489 g/mol. The Morgan fingerprint density at radius 3 is 2.42 bits per heavy atom. The third-order valence-electron chi connectivity index (χ3n) is 2.89. The zero-order valence-electron chi connectivity index (χ0n) is 14.2. The van der Waals surface area contributed by atoms with E-state index in [1.165, 1.54) is 0 Å². The number of halogens is 2. The lowest BCUT2D eigenvalue weighted by Crippen LogP contribution is -2.39. The van der Waals surface area contributed by atoms with E-state index in [4.69, 9.17) is 14.2 Å². The molecule has 0 aliphatic carbocycles. The number of hydrogen-bond acceptors (Lipinski definition) is 4. The van der Waals surface area contributed by atoms with Crippen LogP contribution in [0.25, 0.3) is 0 Å². The van der Waals surface area contributed by atoms with Crippen LogP contribution in [0.4, 0.5) is 0 Å². The predicted octanol–water partition coefficient (Wildman–Crippen LogP) is 2.66. The summed E-state index contributed by atoms with van der Waals surface area (Å²) in [4.78, 5) is 4.16. The molecule has 0 aromatic heterocycles. The Morgan fingerprint density at radius 2 is 1.75 bits per heavy atom. The lowest BCUT2D eigenvalue weighted by Gasteiger charge is -2.12. The summed E-state index contributed by atoms with van der Waals surface area (Å²) < 4.78 is 17.0. The van der Waals surface area contributed by atoms with E-state index in [1.54, 1.807) is 14.2 Å². The number of aliphatic imine (C=N–C) groups is 1. The third kappa shape index (κ3) is 11.9. The maximum Gasteiger partial charge on any atom is 0.191 e. The van der Waals surface area contributed by atoms with E-state index in [9.17, 15) is 0 Å². The summed E-state index contributed by atoms with van der Waals surface area (Å²) in [7, 11) is 3.42. The minimum absolute atomic E-state index is 0. The summed E-state index contributed by atoms with van der Waals surface area (Å²) >= 11 is 3.40. The van der Waals surface area contributed by atoms with Gasteiger partial charge in [0.25, 0.3) is 0 Å². The topological polar surface area (TPSA) is 64.1 Å². The van der Waals surface area contributed by atoms with Crippen molar-refractivity contribution in [2.45, 2.75) is 6.42 Å². The van der Waals surface area contributed by atoms with E-state index < -0.39 is 0 Å². The number of rotatable bonds is 11. The van der Waals surface area contributed by atoms with E-state index in [0.717, 1.165) is 29.1 Å². The number of guanidine groups is 1. The van der Waals surface area contributed by atoms with Crippen molar-refractivity contribution in [2.75, 3.05) is 53.7 Å². The Morgan fingerprint density at radius 1 is 1.04 bits per heavy atom. The molecule has 0 atom stereocenters. The van der Waals surface area contributed by atoms with Gasteiger partial charge < -0.3 is 24.8 Å². The summed E-state index contributed by atoms with van der Waals surface area (Å²) in [5.74, 6) is 1.62. The fourth-order valence-electron chi connectivity index (χ4n) is 1.72. The van der Waals surface area contributed by atoms with Crippen molar-refractivity contribution in [3.8, 4) is 5.75 Å². The van der Waals surface area contributed by atoms with Gasteiger partial charge in [-0.2, -0.15) is 0 Å². The average Bonchev–Trinajstić information content (AvgIpc) is 2.57. The summed E-state index contributed by atoms with van der Waals surface area (Å²) in [5.41, 5.74) is 0. The van der Waals surface area contributed by atoms with Crippen LogP contribution in [-0.4, -0.2) is 59.6 Å². The van der Waals surface area contributed by atoms with Crippen molar-refractivity contribution in [2.24, 2.45) is 4.99 Å². The minimum Gasteiger partial charge on any atom is -0.492 e. The standard InChI is InChI=1S/C16H26BrN3O3.HI/c1-18-16(19-8-3-10-22-13-12-21-2)20-9-11-23-15-6-4-14(17)5-7-15;/h4-7H,3,8-13H2,1-2H3,(H2,18,19,20);1H. The normalized spacial score (nSPS) is 10.9. The van der Waals surface area contributed by atoms with Crippen LogP contribution in [0.15, 0.2) is 33.7 Å². The highest BCUT2D eigenvalue weighted by atomic mass is 127. The van der Waals surface area contributed by atoms with Crippen LogP contribution in [0.1, 0.15) is 6.42 Å². The fourth-order valence-corrected chi connectivity index (χ4v) is 1.98. The molecule has 1 aromatic carbocycles. The zero-order valence-corrected chi connectivity index (χ0v) is 18.1. The first-order valence-corrected chi connectivity index (χ1v) is 8.45. The molecule has 2 N–H and O–H groups in total. The van der Waals surface area contributed by atoms with E-state index in [0.29, 0.717) is 33.0 Å². The fraction of sp³-hybridized carbons (Fsp3) is 0.562. The molecule has 24 heavy (non-hydrogen) atoms. The Kier molecular flexibility index (Phi) is 15.5. The quantitative estimate of drug-likeness (QED) is 0.205. The van der Waals surface area contributed by atoms with E-state index in [-0.39, 0.29) is 24.0 Å². The molecule has 0 aliphatic heterocycles. The molecule has 0 radical (unpaired) electrons. The Hall–Kier alpha value is -0.580. The maximum atomic E-state index is 5.64. The van der Waals surface area contributed by atoms with Gasteiger partial charge in [-0.1, -0.05) is 15.9 Å². The van der Waals surface area contributed by atoms with Gasteiger partial charge in [0, 0.05) is 31.8 Å². The van der Waals surface area contributed by atoms with Gasteiger partial charge in [0.15, 0.2) is 5.96 Å². The molecule has 1 rings (SSSR count).